The van der Waals surface area contributed by atoms with Crippen molar-refractivity contribution in [1.82, 2.24) is 10.3 Å². The molecule has 0 bridgehead atoms. The molecule has 0 saturated carbocycles. The maximum atomic E-state index is 13.7. The number of fused-ring (bicyclic) bond motifs is 1. The number of hydrogen-bond donors (Lipinski definition) is 3. The van der Waals surface area contributed by atoms with Crippen LogP contribution in [0.25, 0.3) is 10.9 Å². The molecule has 0 radical (unpaired) electrons. The Hall–Kier alpha value is -2.99. The van der Waals surface area contributed by atoms with E-state index < -0.39 is 5.91 Å². The van der Waals surface area contributed by atoms with Crippen molar-refractivity contribution in [2.24, 2.45) is 5.73 Å². The topological polar surface area (TPSA) is 80.0 Å². The Morgan fingerprint density at radius 2 is 2.04 bits per heavy atom. The summed E-state index contributed by atoms with van der Waals surface area (Å²) in [4.78, 5) is 16.2. The predicted octanol–water partition coefficient (Wildman–Crippen LogP) is 3.41. The highest BCUT2D eigenvalue weighted by Crippen LogP contribution is 2.31. The lowest BCUT2D eigenvalue weighted by Gasteiger charge is -2.23. The SMILES string of the molecule is CCc1cnc2c(C(N)=O)cccc2c1N[C@H](CNC)c1cccc(F)c1. The molecule has 5 nitrogen and oxygen atoms in total. The summed E-state index contributed by atoms with van der Waals surface area (Å²) in [5, 5.41) is 7.50. The van der Waals surface area contributed by atoms with E-state index in [1.165, 1.54) is 12.1 Å². The minimum absolute atomic E-state index is 0.154. The number of primary amides is 1. The number of halogens is 1. The van der Waals surface area contributed by atoms with Gasteiger partial charge in [-0.2, -0.15) is 0 Å². The minimum Gasteiger partial charge on any atom is -0.376 e. The smallest absolute Gasteiger partial charge is 0.250 e. The summed E-state index contributed by atoms with van der Waals surface area (Å²) in [6, 6.07) is 11.8. The number of pyridine rings is 1. The molecule has 27 heavy (non-hydrogen) atoms. The van der Waals surface area contributed by atoms with Gasteiger partial charge in [-0.25, -0.2) is 4.39 Å². The highest BCUT2D eigenvalue weighted by atomic mass is 19.1. The van der Waals surface area contributed by atoms with Crippen molar-refractivity contribution in [2.75, 3.05) is 18.9 Å². The Balaban J connectivity index is 2.13. The molecule has 0 aliphatic rings. The lowest BCUT2D eigenvalue weighted by Crippen LogP contribution is -2.24. The average Bonchev–Trinajstić information content (AvgIpc) is 2.67. The molecule has 6 heteroatoms. The zero-order valence-corrected chi connectivity index (χ0v) is 15.4. The van der Waals surface area contributed by atoms with Crippen molar-refractivity contribution in [3.8, 4) is 0 Å². The van der Waals surface area contributed by atoms with Gasteiger partial charge < -0.3 is 16.4 Å². The molecule has 0 fully saturated rings. The third-order valence-electron chi connectivity index (χ3n) is 4.60. The van der Waals surface area contributed by atoms with E-state index in [0.29, 0.717) is 17.6 Å². The molecule has 3 rings (SSSR count). The van der Waals surface area contributed by atoms with Crippen LogP contribution in [-0.2, 0) is 6.42 Å². The summed E-state index contributed by atoms with van der Waals surface area (Å²) in [7, 11) is 1.85. The van der Waals surface area contributed by atoms with E-state index >= 15 is 0 Å². The molecule has 4 N–H and O–H groups in total. The summed E-state index contributed by atoms with van der Waals surface area (Å²) < 4.78 is 13.7. The number of nitrogens with one attached hydrogen (secondary N) is 2. The van der Waals surface area contributed by atoms with E-state index in [-0.39, 0.29) is 11.9 Å². The van der Waals surface area contributed by atoms with E-state index in [1.54, 1.807) is 24.4 Å². The molecule has 1 heterocycles. The van der Waals surface area contributed by atoms with E-state index in [1.807, 2.05) is 26.1 Å². The first-order valence-electron chi connectivity index (χ1n) is 8.92. The second-order valence-corrected chi connectivity index (χ2v) is 6.39. The first-order chi connectivity index (χ1) is 13.0. The Bertz CT molecular complexity index is 974. The third kappa shape index (κ3) is 3.90. The fourth-order valence-corrected chi connectivity index (χ4v) is 3.26. The van der Waals surface area contributed by atoms with Crippen LogP contribution in [0.3, 0.4) is 0 Å². The summed E-state index contributed by atoms with van der Waals surface area (Å²) in [5.41, 5.74) is 9.19. The molecule has 1 amide bonds. The first kappa shape index (κ1) is 18.8. The summed E-state index contributed by atoms with van der Waals surface area (Å²) in [6.07, 6.45) is 2.53. The number of anilines is 1. The van der Waals surface area contributed by atoms with Crippen LogP contribution in [0.5, 0.6) is 0 Å². The molecule has 3 aromatic rings. The highest BCUT2D eigenvalue weighted by Gasteiger charge is 2.17. The maximum Gasteiger partial charge on any atom is 0.250 e. The van der Waals surface area contributed by atoms with Gasteiger partial charge in [0.2, 0.25) is 0 Å². The lowest BCUT2D eigenvalue weighted by molar-refractivity contribution is 0.100. The molecule has 1 atom stereocenters. The van der Waals surface area contributed by atoms with Crippen LogP contribution in [0.4, 0.5) is 10.1 Å². The second kappa shape index (κ2) is 8.14. The van der Waals surface area contributed by atoms with Crippen LogP contribution < -0.4 is 16.4 Å². The number of likely N-dealkylation sites (N-methyl/N-ethyl adjacent to an activating group) is 1. The predicted molar refractivity (Wildman–Crippen MR) is 106 cm³/mol. The zero-order valence-electron chi connectivity index (χ0n) is 15.4. The van der Waals surface area contributed by atoms with Crippen LogP contribution >= 0.6 is 0 Å². The van der Waals surface area contributed by atoms with Gasteiger partial charge in [0.1, 0.15) is 5.82 Å². The number of nitrogens with zero attached hydrogens (tertiary/aromatic N) is 1. The Kier molecular flexibility index (Phi) is 5.66. The largest absolute Gasteiger partial charge is 0.376 e. The molecule has 0 aliphatic carbocycles. The zero-order chi connectivity index (χ0) is 19.4. The minimum atomic E-state index is -0.514. The van der Waals surface area contributed by atoms with Crippen LogP contribution in [-0.4, -0.2) is 24.5 Å². The van der Waals surface area contributed by atoms with Gasteiger partial charge in [-0.15, -0.1) is 0 Å². The number of rotatable bonds is 7. The van der Waals surface area contributed by atoms with Gasteiger partial charge >= 0.3 is 0 Å². The molecule has 0 spiro atoms. The van der Waals surface area contributed by atoms with Gasteiger partial charge in [0.15, 0.2) is 0 Å². The van der Waals surface area contributed by atoms with E-state index in [0.717, 1.165) is 28.6 Å². The van der Waals surface area contributed by atoms with Crippen molar-refractivity contribution in [3.63, 3.8) is 0 Å². The average molecular weight is 366 g/mol. The summed E-state index contributed by atoms with van der Waals surface area (Å²) >= 11 is 0. The van der Waals surface area contributed by atoms with E-state index in [9.17, 15) is 9.18 Å². The number of nitrogens with two attached hydrogens (primary N) is 1. The molecular weight excluding hydrogens is 343 g/mol. The van der Waals surface area contributed by atoms with Gasteiger partial charge in [0, 0.05) is 23.8 Å². The maximum absolute atomic E-state index is 13.7. The number of aromatic nitrogens is 1. The van der Waals surface area contributed by atoms with Crippen molar-refractivity contribution < 1.29 is 9.18 Å². The normalized spacial score (nSPS) is 12.1. The summed E-state index contributed by atoms with van der Waals surface area (Å²) in [6.45, 7) is 2.65. The number of hydrogen-bond acceptors (Lipinski definition) is 4. The summed E-state index contributed by atoms with van der Waals surface area (Å²) in [5.74, 6) is -0.790. The number of amides is 1. The van der Waals surface area contributed by atoms with Crippen LogP contribution in [0.1, 0.15) is 34.5 Å². The Labute approximate surface area is 157 Å². The van der Waals surface area contributed by atoms with Crippen molar-refractivity contribution >= 4 is 22.5 Å². The number of carbonyl (C=O) groups excluding carboxylic acids is 1. The molecule has 0 aliphatic heterocycles. The van der Waals surface area contributed by atoms with Crippen molar-refractivity contribution in [3.05, 3.63) is 71.2 Å². The number of aryl methyl sites for hydroxylation is 1. The molecule has 2 aromatic carbocycles. The van der Waals surface area contributed by atoms with Gasteiger partial charge in [-0.3, -0.25) is 9.78 Å². The first-order valence-corrected chi connectivity index (χ1v) is 8.92. The second-order valence-electron chi connectivity index (χ2n) is 6.39. The molecule has 0 unspecified atom stereocenters. The van der Waals surface area contributed by atoms with Crippen molar-refractivity contribution in [1.29, 1.82) is 0 Å². The standard InChI is InChI=1S/C21H23FN4O/c1-3-13-11-25-20-16(8-5-9-17(20)21(23)27)19(13)26-18(12-24-2)14-6-4-7-15(22)10-14/h4-11,18,24H,3,12H2,1-2H3,(H2,23,27)(H,25,26)/t18-/m1/s1. The van der Waals surface area contributed by atoms with Crippen LogP contribution in [0.2, 0.25) is 0 Å². The number of para-hydroxylation sites is 1. The molecule has 0 saturated heterocycles. The Morgan fingerprint density at radius 1 is 1.26 bits per heavy atom. The van der Waals surface area contributed by atoms with E-state index in [4.69, 9.17) is 5.73 Å². The van der Waals surface area contributed by atoms with Crippen LogP contribution in [0, 0.1) is 5.82 Å². The van der Waals surface area contributed by atoms with Gasteiger partial charge in [-0.05, 0) is 42.8 Å². The Morgan fingerprint density at radius 3 is 2.70 bits per heavy atom. The monoisotopic (exact) mass is 366 g/mol. The van der Waals surface area contributed by atoms with Crippen LogP contribution in [0.15, 0.2) is 48.7 Å². The number of benzene rings is 2. The van der Waals surface area contributed by atoms with Crippen molar-refractivity contribution in [2.45, 2.75) is 19.4 Å². The quantitative estimate of drug-likeness (QED) is 0.599. The van der Waals surface area contributed by atoms with Gasteiger partial charge in [0.25, 0.3) is 5.91 Å². The number of carbonyl (C=O) groups is 1. The third-order valence-corrected chi connectivity index (χ3v) is 4.60. The highest BCUT2D eigenvalue weighted by molar-refractivity contribution is 6.08. The van der Waals surface area contributed by atoms with E-state index in [2.05, 4.69) is 15.6 Å². The van der Waals surface area contributed by atoms with Gasteiger partial charge in [0.05, 0.1) is 17.1 Å². The van der Waals surface area contributed by atoms with Gasteiger partial charge in [-0.1, -0.05) is 31.2 Å². The lowest BCUT2D eigenvalue weighted by atomic mass is 10.0. The molecule has 1 aromatic heterocycles. The molecule has 140 valence electrons. The molecular formula is C21H23FN4O. The fourth-order valence-electron chi connectivity index (χ4n) is 3.26. The fraction of sp³-hybridized carbons (Fsp3) is 0.238.